The molecule has 2 aliphatic heterocycles. The highest BCUT2D eigenvalue weighted by atomic mass is 16.5. The lowest BCUT2D eigenvalue weighted by molar-refractivity contribution is -0.157. The third-order valence-corrected chi connectivity index (χ3v) is 5.25. The van der Waals surface area contributed by atoms with Crippen LogP contribution < -0.4 is 0 Å². The number of carboxylic acids is 1. The maximum Gasteiger partial charge on any atom is 0.311 e. The zero-order valence-electron chi connectivity index (χ0n) is 13.5. The topological polar surface area (TPSA) is 97.5 Å². The lowest BCUT2D eigenvalue weighted by Gasteiger charge is -2.33. The van der Waals surface area contributed by atoms with Gasteiger partial charge in [-0.3, -0.25) is 14.2 Å². The number of fused-ring (bicyclic) bond motifs is 1. The van der Waals surface area contributed by atoms with Crippen molar-refractivity contribution in [3.05, 3.63) is 42.5 Å². The normalized spacial score (nSPS) is 25.6. The maximum absolute atomic E-state index is 12.8. The minimum atomic E-state index is -0.879. The second-order valence-electron chi connectivity index (χ2n) is 6.58. The average molecular weight is 342 g/mol. The van der Waals surface area contributed by atoms with E-state index in [1.54, 1.807) is 34.3 Å². The fourth-order valence-electron chi connectivity index (χ4n) is 3.75. The van der Waals surface area contributed by atoms with Crippen LogP contribution in [-0.2, 0) is 9.53 Å². The summed E-state index contributed by atoms with van der Waals surface area (Å²) in [4.78, 5) is 26.3. The Bertz CT molecular complexity index is 789. The number of hydrogen-bond acceptors (Lipinski definition) is 5. The van der Waals surface area contributed by atoms with Crippen molar-refractivity contribution < 1.29 is 19.4 Å². The summed E-state index contributed by atoms with van der Waals surface area (Å²) in [6, 6.07) is 7.11. The first-order valence-corrected chi connectivity index (χ1v) is 8.16. The number of carbonyl (C=O) groups is 2. The van der Waals surface area contributed by atoms with Crippen molar-refractivity contribution in [1.29, 1.82) is 0 Å². The zero-order valence-corrected chi connectivity index (χ0v) is 13.5. The van der Waals surface area contributed by atoms with Gasteiger partial charge in [-0.1, -0.05) is 0 Å². The van der Waals surface area contributed by atoms with Gasteiger partial charge in [-0.2, -0.15) is 0 Å². The molecule has 2 atom stereocenters. The minimum absolute atomic E-state index is 0.148. The van der Waals surface area contributed by atoms with Crippen molar-refractivity contribution in [2.75, 3.05) is 26.3 Å². The minimum Gasteiger partial charge on any atom is -0.481 e. The van der Waals surface area contributed by atoms with Gasteiger partial charge in [-0.05, 0) is 30.7 Å². The molecule has 2 aromatic rings. The van der Waals surface area contributed by atoms with E-state index in [9.17, 15) is 14.7 Å². The summed E-state index contributed by atoms with van der Waals surface area (Å²) in [7, 11) is 0. The predicted octanol–water partition coefficient (Wildman–Crippen LogP) is 0.831. The third-order valence-electron chi connectivity index (χ3n) is 5.25. The number of rotatable bonds is 3. The van der Waals surface area contributed by atoms with Gasteiger partial charge in [0.1, 0.15) is 12.7 Å². The van der Waals surface area contributed by atoms with Gasteiger partial charge in [0.2, 0.25) is 0 Å². The lowest BCUT2D eigenvalue weighted by atomic mass is 9.74. The van der Waals surface area contributed by atoms with E-state index in [2.05, 4.69) is 10.2 Å². The number of aliphatic carboxylic acids is 1. The molecule has 0 spiro atoms. The first-order chi connectivity index (χ1) is 12.1. The summed E-state index contributed by atoms with van der Waals surface area (Å²) < 4.78 is 7.18. The van der Waals surface area contributed by atoms with Gasteiger partial charge in [0.05, 0.1) is 12.0 Å². The van der Waals surface area contributed by atoms with E-state index in [1.807, 2.05) is 12.1 Å². The Kier molecular flexibility index (Phi) is 3.76. The van der Waals surface area contributed by atoms with Crippen LogP contribution >= 0.6 is 0 Å². The number of carboxylic acid groups (broad SMARTS) is 1. The van der Waals surface area contributed by atoms with E-state index >= 15 is 0 Å². The number of benzene rings is 1. The molecule has 0 unspecified atom stereocenters. The molecule has 25 heavy (non-hydrogen) atoms. The van der Waals surface area contributed by atoms with E-state index in [0.29, 0.717) is 31.7 Å². The molecule has 130 valence electrons. The SMILES string of the molecule is O=C(c1ccc(-n2cnnc2)cc1)N1C[C@H]2COCC[C@@]2(C(=O)O)C1. The lowest BCUT2D eigenvalue weighted by Crippen LogP contribution is -2.45. The maximum atomic E-state index is 12.8. The molecule has 0 saturated carbocycles. The van der Waals surface area contributed by atoms with Gasteiger partial charge in [-0.15, -0.1) is 10.2 Å². The van der Waals surface area contributed by atoms with Gasteiger partial charge in [0.15, 0.2) is 0 Å². The van der Waals surface area contributed by atoms with E-state index in [4.69, 9.17) is 4.74 Å². The largest absolute Gasteiger partial charge is 0.481 e. The number of amides is 1. The molecule has 1 N–H and O–H groups in total. The molecule has 8 heteroatoms. The number of ether oxygens (including phenoxy) is 1. The van der Waals surface area contributed by atoms with Gasteiger partial charge >= 0.3 is 5.97 Å². The second kappa shape index (κ2) is 5.96. The smallest absolute Gasteiger partial charge is 0.311 e. The number of hydrogen-bond donors (Lipinski definition) is 1. The average Bonchev–Trinajstić information content (AvgIpc) is 3.29. The highest BCUT2D eigenvalue weighted by Crippen LogP contribution is 2.42. The highest BCUT2D eigenvalue weighted by molar-refractivity contribution is 5.95. The summed E-state index contributed by atoms with van der Waals surface area (Å²) in [6.07, 6.45) is 3.61. The molecule has 4 rings (SSSR count). The van der Waals surface area contributed by atoms with Crippen LogP contribution in [0.4, 0.5) is 0 Å². The number of carbonyl (C=O) groups excluding carboxylic acids is 1. The molecule has 0 bridgehead atoms. The Labute approximate surface area is 144 Å². The van der Waals surface area contributed by atoms with Gasteiger partial charge in [0, 0.05) is 36.9 Å². The van der Waals surface area contributed by atoms with E-state index < -0.39 is 11.4 Å². The van der Waals surface area contributed by atoms with Crippen molar-refractivity contribution in [2.24, 2.45) is 11.3 Å². The van der Waals surface area contributed by atoms with E-state index in [0.717, 1.165) is 5.69 Å². The van der Waals surface area contributed by atoms with Gasteiger partial charge in [-0.25, -0.2) is 0 Å². The van der Waals surface area contributed by atoms with Crippen LogP contribution in [0.3, 0.4) is 0 Å². The molecule has 1 aromatic heterocycles. The summed E-state index contributed by atoms with van der Waals surface area (Å²) in [5.74, 6) is -1.14. The Hall–Kier alpha value is -2.74. The monoisotopic (exact) mass is 342 g/mol. The van der Waals surface area contributed by atoms with Crippen LogP contribution in [-0.4, -0.2) is 63.0 Å². The quantitative estimate of drug-likeness (QED) is 0.887. The predicted molar refractivity (Wildman–Crippen MR) is 86.3 cm³/mol. The number of likely N-dealkylation sites (tertiary alicyclic amines) is 1. The Morgan fingerprint density at radius 3 is 2.56 bits per heavy atom. The highest BCUT2D eigenvalue weighted by Gasteiger charge is 2.54. The first kappa shape index (κ1) is 15.8. The molecule has 0 aliphatic carbocycles. The molecule has 2 aliphatic rings. The van der Waals surface area contributed by atoms with Crippen LogP contribution in [0.25, 0.3) is 5.69 Å². The van der Waals surface area contributed by atoms with E-state index in [-0.39, 0.29) is 18.4 Å². The Morgan fingerprint density at radius 1 is 1.20 bits per heavy atom. The fourth-order valence-corrected chi connectivity index (χ4v) is 3.75. The Balaban J connectivity index is 1.54. The van der Waals surface area contributed by atoms with Gasteiger partial charge in [0.25, 0.3) is 5.91 Å². The molecule has 2 fully saturated rings. The third kappa shape index (κ3) is 2.58. The summed E-state index contributed by atoms with van der Waals surface area (Å²) in [5.41, 5.74) is 0.514. The van der Waals surface area contributed by atoms with Crippen molar-refractivity contribution >= 4 is 11.9 Å². The van der Waals surface area contributed by atoms with E-state index in [1.165, 1.54) is 0 Å². The van der Waals surface area contributed by atoms with Crippen LogP contribution in [0.2, 0.25) is 0 Å². The van der Waals surface area contributed by atoms with Gasteiger partial charge < -0.3 is 14.7 Å². The number of aromatic nitrogens is 3. The molecule has 2 saturated heterocycles. The van der Waals surface area contributed by atoms with Crippen molar-refractivity contribution in [3.8, 4) is 5.69 Å². The Morgan fingerprint density at radius 2 is 1.92 bits per heavy atom. The molecule has 0 radical (unpaired) electrons. The summed E-state index contributed by atoms with van der Waals surface area (Å²) >= 11 is 0. The first-order valence-electron chi connectivity index (χ1n) is 8.16. The molecule has 1 aromatic carbocycles. The zero-order chi connectivity index (χ0) is 17.4. The van der Waals surface area contributed by atoms with Crippen molar-refractivity contribution in [2.45, 2.75) is 6.42 Å². The molecule has 8 nitrogen and oxygen atoms in total. The molecular weight excluding hydrogens is 324 g/mol. The van der Waals surface area contributed by atoms with Crippen molar-refractivity contribution in [3.63, 3.8) is 0 Å². The molecular formula is C17H18N4O4. The van der Waals surface area contributed by atoms with Crippen molar-refractivity contribution in [1.82, 2.24) is 19.7 Å². The summed E-state index contributed by atoms with van der Waals surface area (Å²) in [5, 5.41) is 17.2. The standard InChI is InChI=1S/C17H18N4O4/c22-15(12-1-3-14(4-2-12)21-10-18-19-11-21)20-7-13-8-25-6-5-17(13,9-20)16(23)24/h1-4,10-11,13H,5-9H2,(H,23,24)/t13-,17+/m0/s1. The van der Waals surface area contributed by atoms with Crippen LogP contribution in [0.15, 0.2) is 36.9 Å². The fraction of sp³-hybridized carbons (Fsp3) is 0.412. The second-order valence-corrected chi connectivity index (χ2v) is 6.58. The molecule has 3 heterocycles. The van der Waals surface area contributed by atoms with Crippen LogP contribution in [0.5, 0.6) is 0 Å². The number of nitrogens with zero attached hydrogens (tertiary/aromatic N) is 4. The van der Waals surface area contributed by atoms with Crippen LogP contribution in [0, 0.1) is 11.3 Å². The molecule has 1 amide bonds. The van der Waals surface area contributed by atoms with Crippen LogP contribution in [0.1, 0.15) is 16.8 Å². The summed E-state index contributed by atoms with van der Waals surface area (Å²) in [6.45, 7) is 1.47.